The molecule has 6 nitrogen and oxygen atoms in total. The van der Waals surface area contributed by atoms with Crippen molar-refractivity contribution in [1.82, 2.24) is 24.5 Å². The van der Waals surface area contributed by atoms with Crippen LogP contribution in [0.4, 0.5) is 0 Å². The molecule has 1 aromatic carbocycles. The van der Waals surface area contributed by atoms with Gasteiger partial charge >= 0.3 is 0 Å². The normalized spacial score (nSPS) is 14.1. The van der Waals surface area contributed by atoms with Crippen LogP contribution in [0, 0.1) is 0 Å². The van der Waals surface area contributed by atoms with Crippen LogP contribution in [-0.4, -0.2) is 58.8 Å². The summed E-state index contributed by atoms with van der Waals surface area (Å²) in [6, 6.07) is 13.6. The van der Waals surface area contributed by atoms with Gasteiger partial charge in [-0.05, 0) is 38.4 Å². The van der Waals surface area contributed by atoms with E-state index in [4.69, 9.17) is 16.6 Å². The molecule has 1 aliphatic rings. The molecule has 0 atom stereocenters. The molecule has 0 aliphatic carbocycles. The maximum absolute atomic E-state index is 12.6. The van der Waals surface area contributed by atoms with Crippen LogP contribution in [0.5, 0.6) is 0 Å². The number of aromatic nitrogens is 2. The van der Waals surface area contributed by atoms with Crippen molar-refractivity contribution in [2.45, 2.75) is 6.54 Å². The minimum atomic E-state index is 0.0188. The van der Waals surface area contributed by atoms with E-state index < -0.39 is 0 Å². The van der Waals surface area contributed by atoms with Gasteiger partial charge in [0.25, 0.3) is 0 Å². The molecule has 0 spiro atoms. The maximum Gasteiger partial charge on any atom is 0.249 e. The molecule has 0 fully saturated rings. The van der Waals surface area contributed by atoms with Gasteiger partial charge in [0.05, 0.1) is 24.5 Å². The molecule has 7 heteroatoms. The van der Waals surface area contributed by atoms with Crippen molar-refractivity contribution in [3.63, 3.8) is 0 Å². The Labute approximate surface area is 175 Å². The minimum Gasteiger partial charge on any atom is -0.385 e. The van der Waals surface area contributed by atoms with Gasteiger partial charge in [-0.2, -0.15) is 0 Å². The van der Waals surface area contributed by atoms with E-state index >= 15 is 0 Å². The number of nitrogens with zero attached hydrogens (tertiary/aromatic N) is 4. The number of imidazole rings is 1. The fraction of sp³-hybridized carbons (Fsp3) is 0.273. The average molecular weight is 410 g/mol. The first-order chi connectivity index (χ1) is 14.0. The van der Waals surface area contributed by atoms with E-state index in [1.807, 2.05) is 67.7 Å². The summed E-state index contributed by atoms with van der Waals surface area (Å²) in [7, 11) is 4.07. The smallest absolute Gasteiger partial charge is 0.249 e. The van der Waals surface area contributed by atoms with Crippen molar-refractivity contribution in [2.24, 2.45) is 0 Å². The molecule has 1 N–H and O–H groups in total. The summed E-state index contributed by atoms with van der Waals surface area (Å²) in [4.78, 5) is 21.4. The number of hydrogen-bond donors (Lipinski definition) is 1. The summed E-state index contributed by atoms with van der Waals surface area (Å²) in [6.45, 7) is 2.79. The van der Waals surface area contributed by atoms with E-state index in [0.717, 1.165) is 41.4 Å². The predicted molar refractivity (Wildman–Crippen MR) is 116 cm³/mol. The molecule has 1 amide bonds. The molecule has 0 bridgehead atoms. The largest absolute Gasteiger partial charge is 0.385 e. The quantitative estimate of drug-likeness (QED) is 0.651. The number of carbonyl (C=O) groups is 1. The highest BCUT2D eigenvalue weighted by Gasteiger charge is 2.24. The molecule has 0 unspecified atom stereocenters. The second-order valence-electron chi connectivity index (χ2n) is 7.44. The second kappa shape index (κ2) is 8.27. The fourth-order valence-corrected chi connectivity index (χ4v) is 3.59. The van der Waals surface area contributed by atoms with Crippen molar-refractivity contribution in [2.75, 3.05) is 33.7 Å². The first-order valence-electron chi connectivity index (χ1n) is 9.61. The van der Waals surface area contributed by atoms with Gasteiger partial charge in [-0.15, -0.1) is 0 Å². The predicted octanol–water partition coefficient (Wildman–Crippen LogP) is 3.03. The van der Waals surface area contributed by atoms with Gasteiger partial charge in [0.2, 0.25) is 5.91 Å². The zero-order valence-corrected chi connectivity index (χ0v) is 17.4. The van der Waals surface area contributed by atoms with Crippen LogP contribution in [-0.2, 0) is 11.3 Å². The van der Waals surface area contributed by atoms with Crippen LogP contribution in [0.2, 0.25) is 5.02 Å². The number of nitrogens with one attached hydrogen (secondary N) is 1. The Morgan fingerprint density at radius 3 is 2.72 bits per heavy atom. The Balaban J connectivity index is 1.59. The molecule has 0 radical (unpaired) electrons. The Morgan fingerprint density at radius 2 is 1.97 bits per heavy atom. The zero-order valence-electron chi connectivity index (χ0n) is 16.6. The van der Waals surface area contributed by atoms with Crippen LogP contribution in [0.3, 0.4) is 0 Å². The molecule has 3 heterocycles. The second-order valence-corrected chi connectivity index (χ2v) is 7.87. The molecular formula is C22H24ClN5O. The van der Waals surface area contributed by atoms with Gasteiger partial charge in [0, 0.05) is 41.6 Å². The minimum absolute atomic E-state index is 0.0188. The van der Waals surface area contributed by atoms with Crippen LogP contribution in [0.15, 0.2) is 60.4 Å². The van der Waals surface area contributed by atoms with Crippen molar-refractivity contribution in [3.8, 4) is 11.3 Å². The molecule has 1 aliphatic heterocycles. The average Bonchev–Trinajstić information content (AvgIpc) is 3.23. The molecule has 3 aromatic rings. The highest BCUT2D eigenvalue weighted by molar-refractivity contribution is 6.30. The van der Waals surface area contributed by atoms with E-state index in [1.54, 1.807) is 6.08 Å². The molecule has 2 aromatic heterocycles. The third kappa shape index (κ3) is 4.28. The lowest BCUT2D eigenvalue weighted by Gasteiger charge is -2.18. The number of benzene rings is 1. The third-order valence-electron chi connectivity index (χ3n) is 4.97. The molecule has 0 saturated carbocycles. The number of halogens is 1. The first-order valence-corrected chi connectivity index (χ1v) is 9.99. The van der Waals surface area contributed by atoms with Crippen LogP contribution in [0.25, 0.3) is 16.9 Å². The van der Waals surface area contributed by atoms with Gasteiger partial charge in [-0.3, -0.25) is 4.79 Å². The number of amides is 1. The molecule has 4 rings (SSSR count). The standard InChI is InChI=1S/C22H24ClN5O/c1-26(2)12-10-24-18-13-21(29)27(14-18)15-19-22(16-6-8-17(23)9-7-16)25-20-5-3-4-11-28(19)20/h3-9,11,13,24H,10,12,14-15H2,1-2H3. The monoisotopic (exact) mass is 409 g/mol. The summed E-state index contributed by atoms with van der Waals surface area (Å²) < 4.78 is 2.05. The summed E-state index contributed by atoms with van der Waals surface area (Å²) in [5.74, 6) is 0.0188. The summed E-state index contributed by atoms with van der Waals surface area (Å²) in [6.07, 6.45) is 3.68. The number of likely N-dealkylation sites (N-methyl/N-ethyl adjacent to an activating group) is 1. The van der Waals surface area contributed by atoms with E-state index in [0.29, 0.717) is 18.1 Å². The molecule has 0 saturated heterocycles. The first kappa shape index (κ1) is 19.5. The SMILES string of the molecule is CN(C)CCNC1=CC(=O)N(Cc2c(-c3ccc(Cl)cc3)nc3ccccn23)C1. The number of fused-ring (bicyclic) bond motifs is 1. The third-order valence-corrected chi connectivity index (χ3v) is 5.22. The Kier molecular flexibility index (Phi) is 5.56. The van der Waals surface area contributed by atoms with Gasteiger partial charge in [-0.25, -0.2) is 4.98 Å². The van der Waals surface area contributed by atoms with E-state index in [9.17, 15) is 4.79 Å². The van der Waals surface area contributed by atoms with Crippen LogP contribution in [0.1, 0.15) is 5.69 Å². The molecular weight excluding hydrogens is 386 g/mol. The summed E-state index contributed by atoms with van der Waals surface area (Å²) >= 11 is 6.06. The summed E-state index contributed by atoms with van der Waals surface area (Å²) in [5.41, 5.74) is 4.65. The van der Waals surface area contributed by atoms with Gasteiger partial charge in [-0.1, -0.05) is 29.8 Å². The van der Waals surface area contributed by atoms with E-state index in [2.05, 4.69) is 14.6 Å². The van der Waals surface area contributed by atoms with Gasteiger partial charge in [0.1, 0.15) is 5.65 Å². The maximum atomic E-state index is 12.6. The van der Waals surface area contributed by atoms with E-state index in [-0.39, 0.29) is 5.91 Å². The highest BCUT2D eigenvalue weighted by atomic mass is 35.5. The Morgan fingerprint density at radius 1 is 1.17 bits per heavy atom. The van der Waals surface area contributed by atoms with Crippen LogP contribution >= 0.6 is 11.6 Å². The highest BCUT2D eigenvalue weighted by Crippen LogP contribution is 2.27. The topological polar surface area (TPSA) is 52.9 Å². The van der Waals surface area contributed by atoms with Crippen molar-refractivity contribution in [1.29, 1.82) is 0 Å². The van der Waals surface area contributed by atoms with Gasteiger partial charge < -0.3 is 19.5 Å². The Hall–Kier alpha value is -2.83. The number of pyridine rings is 1. The number of carbonyl (C=O) groups excluding carboxylic acids is 1. The zero-order chi connectivity index (χ0) is 20.4. The lowest BCUT2D eigenvalue weighted by Crippen LogP contribution is -2.30. The lowest BCUT2D eigenvalue weighted by molar-refractivity contribution is -0.125. The fourth-order valence-electron chi connectivity index (χ4n) is 3.47. The Bertz CT molecular complexity index is 1050. The van der Waals surface area contributed by atoms with Crippen molar-refractivity contribution >= 4 is 23.2 Å². The number of hydrogen-bond acceptors (Lipinski definition) is 4. The molecule has 29 heavy (non-hydrogen) atoms. The summed E-state index contributed by atoms with van der Waals surface area (Å²) in [5, 5.41) is 4.05. The molecule has 150 valence electrons. The van der Waals surface area contributed by atoms with Crippen LogP contribution < -0.4 is 5.32 Å². The van der Waals surface area contributed by atoms with Crippen molar-refractivity contribution < 1.29 is 4.79 Å². The van der Waals surface area contributed by atoms with E-state index in [1.165, 1.54) is 0 Å². The van der Waals surface area contributed by atoms with Crippen molar-refractivity contribution in [3.05, 3.63) is 71.2 Å². The number of rotatable bonds is 7. The van der Waals surface area contributed by atoms with Gasteiger partial charge in [0.15, 0.2) is 0 Å². The lowest BCUT2D eigenvalue weighted by atomic mass is 10.1.